The Balaban J connectivity index is 1.71. The molecule has 0 atom stereocenters. The number of fused-ring (bicyclic) bond motifs is 1. The summed E-state index contributed by atoms with van der Waals surface area (Å²) in [5.74, 6) is 1.85. The Kier molecular flexibility index (Phi) is 7.69. The van der Waals surface area contributed by atoms with Gasteiger partial charge < -0.3 is 14.5 Å². The van der Waals surface area contributed by atoms with E-state index in [0.29, 0.717) is 42.5 Å². The number of nitrogens with one attached hydrogen (secondary N) is 1. The maximum atomic E-state index is 9.90. The quantitative estimate of drug-likeness (QED) is 0.182. The molecular formula is C29H26BrN3O2. The molecule has 4 aromatic rings. The van der Waals surface area contributed by atoms with Crippen LogP contribution in [-0.2, 0) is 13.0 Å². The summed E-state index contributed by atoms with van der Waals surface area (Å²) in [5.41, 5.74) is 6.11. The lowest BCUT2D eigenvalue weighted by atomic mass is 10.0. The van der Waals surface area contributed by atoms with Crippen molar-refractivity contribution in [3.8, 4) is 17.6 Å². The highest BCUT2D eigenvalue weighted by Crippen LogP contribution is 2.36. The van der Waals surface area contributed by atoms with Crippen LogP contribution >= 0.6 is 15.9 Å². The van der Waals surface area contributed by atoms with Crippen molar-refractivity contribution >= 4 is 38.6 Å². The van der Waals surface area contributed by atoms with Gasteiger partial charge in [0.05, 0.1) is 23.2 Å². The van der Waals surface area contributed by atoms with E-state index in [1.165, 1.54) is 0 Å². The molecular weight excluding hydrogens is 502 g/mol. The molecule has 0 aliphatic heterocycles. The summed E-state index contributed by atoms with van der Waals surface area (Å²) >= 11 is 3.46. The molecule has 0 saturated carbocycles. The van der Waals surface area contributed by atoms with Gasteiger partial charge in [-0.15, -0.1) is 6.58 Å². The zero-order chi connectivity index (χ0) is 24.8. The smallest absolute Gasteiger partial charge is 0.165 e. The van der Waals surface area contributed by atoms with Crippen LogP contribution in [0.15, 0.2) is 71.7 Å². The molecule has 0 spiro atoms. The molecule has 0 fully saturated rings. The average Bonchev–Trinajstić information content (AvgIpc) is 3.26. The van der Waals surface area contributed by atoms with Crippen LogP contribution in [0.25, 0.3) is 22.7 Å². The van der Waals surface area contributed by atoms with Gasteiger partial charge in [0.2, 0.25) is 0 Å². The van der Waals surface area contributed by atoms with Gasteiger partial charge in [-0.05, 0) is 79.4 Å². The second-order valence-corrected chi connectivity index (χ2v) is 9.04. The van der Waals surface area contributed by atoms with Crippen LogP contribution < -0.4 is 9.47 Å². The molecule has 4 rings (SSSR count). The van der Waals surface area contributed by atoms with Gasteiger partial charge in [-0.2, -0.15) is 5.26 Å². The van der Waals surface area contributed by atoms with Crippen LogP contribution in [0.4, 0.5) is 0 Å². The largest absolute Gasteiger partial charge is 0.490 e. The second kappa shape index (κ2) is 11.1. The lowest BCUT2D eigenvalue weighted by Gasteiger charge is -2.17. The molecule has 5 nitrogen and oxygen atoms in total. The number of hydrogen-bond donors (Lipinski definition) is 1. The Hall–Kier alpha value is -3.82. The fourth-order valence-corrected chi connectivity index (χ4v) is 4.07. The highest BCUT2D eigenvalue weighted by atomic mass is 79.9. The summed E-state index contributed by atoms with van der Waals surface area (Å²) in [6, 6.07) is 20.2. The zero-order valence-electron chi connectivity index (χ0n) is 19.8. The minimum Gasteiger partial charge on any atom is -0.490 e. The number of benzene rings is 3. The number of H-pyrrole nitrogens is 1. The summed E-state index contributed by atoms with van der Waals surface area (Å²) in [6.45, 7) is 8.76. The summed E-state index contributed by atoms with van der Waals surface area (Å²) in [7, 11) is 0. The van der Waals surface area contributed by atoms with Crippen molar-refractivity contribution in [1.82, 2.24) is 9.97 Å². The summed E-state index contributed by atoms with van der Waals surface area (Å²) in [6.07, 6.45) is 4.25. The number of aromatic nitrogens is 2. The van der Waals surface area contributed by atoms with E-state index in [2.05, 4.69) is 38.5 Å². The minimum atomic E-state index is 0.411. The van der Waals surface area contributed by atoms with Gasteiger partial charge in [0.15, 0.2) is 11.5 Å². The minimum absolute atomic E-state index is 0.411. The van der Waals surface area contributed by atoms with Crippen LogP contribution in [0.2, 0.25) is 0 Å². The molecule has 1 aromatic heterocycles. The number of aryl methyl sites for hydroxylation is 1. The fraction of sp³-hybridized carbons (Fsp3) is 0.172. The van der Waals surface area contributed by atoms with Crippen molar-refractivity contribution in [1.29, 1.82) is 5.26 Å². The summed E-state index contributed by atoms with van der Waals surface area (Å²) < 4.78 is 13.2. The molecule has 35 heavy (non-hydrogen) atoms. The number of halogens is 1. The molecule has 0 radical (unpaired) electrons. The van der Waals surface area contributed by atoms with Gasteiger partial charge in [0.25, 0.3) is 0 Å². The Morgan fingerprint density at radius 3 is 2.66 bits per heavy atom. The third kappa shape index (κ3) is 5.82. The Morgan fingerprint density at radius 2 is 1.94 bits per heavy atom. The van der Waals surface area contributed by atoms with Gasteiger partial charge in [0.1, 0.15) is 18.5 Å². The monoisotopic (exact) mass is 527 g/mol. The second-order valence-electron chi connectivity index (χ2n) is 8.12. The van der Waals surface area contributed by atoms with Crippen LogP contribution in [0.5, 0.6) is 11.5 Å². The number of aromatic amines is 1. The maximum Gasteiger partial charge on any atom is 0.165 e. The number of ether oxygens (including phenoxy) is 2. The van der Waals surface area contributed by atoms with Crippen molar-refractivity contribution in [3.63, 3.8) is 0 Å². The third-order valence-corrected chi connectivity index (χ3v) is 5.97. The summed E-state index contributed by atoms with van der Waals surface area (Å²) in [5, 5.41) is 9.90. The van der Waals surface area contributed by atoms with Crippen LogP contribution in [0.1, 0.15) is 35.0 Å². The lowest BCUT2D eigenvalue weighted by Crippen LogP contribution is -2.03. The van der Waals surface area contributed by atoms with E-state index in [1.54, 1.807) is 0 Å². The zero-order valence-corrected chi connectivity index (χ0v) is 21.4. The number of imidazole rings is 1. The molecule has 1 N–H and O–H groups in total. The van der Waals surface area contributed by atoms with Gasteiger partial charge >= 0.3 is 0 Å². The first-order valence-electron chi connectivity index (χ1n) is 11.4. The Labute approximate surface area is 213 Å². The van der Waals surface area contributed by atoms with Gasteiger partial charge in [-0.1, -0.05) is 40.2 Å². The van der Waals surface area contributed by atoms with E-state index >= 15 is 0 Å². The highest BCUT2D eigenvalue weighted by molar-refractivity contribution is 9.10. The van der Waals surface area contributed by atoms with Crippen molar-refractivity contribution < 1.29 is 9.47 Å². The topological polar surface area (TPSA) is 70.9 Å². The fourth-order valence-electron chi connectivity index (χ4n) is 3.81. The number of nitrogens with zero attached hydrogens (tertiary/aromatic N) is 2. The van der Waals surface area contributed by atoms with Crippen LogP contribution in [0, 0.1) is 18.3 Å². The standard InChI is InChI=1S/C29H26BrN3O2/c1-4-6-22-14-21(15-23(17-31)29-32-25-12-7-19(3)13-26(25)33-29)16-27(34-5-2)28(22)35-18-20-8-10-24(30)11-9-20/h4,7-16H,1,5-6,18H2,2-3H3,(H,32,33)/b23-15-. The van der Waals surface area contributed by atoms with Crippen molar-refractivity contribution in [2.45, 2.75) is 26.9 Å². The molecule has 176 valence electrons. The number of nitriles is 1. The number of hydrogen-bond acceptors (Lipinski definition) is 4. The van der Waals surface area contributed by atoms with Crippen molar-refractivity contribution in [2.75, 3.05) is 6.61 Å². The molecule has 3 aromatic carbocycles. The first-order chi connectivity index (χ1) is 17.0. The number of rotatable bonds is 9. The molecule has 1 heterocycles. The van der Waals surface area contributed by atoms with Gasteiger partial charge in [-0.3, -0.25) is 0 Å². The molecule has 0 amide bonds. The molecule has 0 unspecified atom stereocenters. The molecule has 0 aliphatic carbocycles. The van der Waals surface area contributed by atoms with E-state index in [9.17, 15) is 5.26 Å². The van der Waals surface area contributed by atoms with E-state index in [4.69, 9.17) is 9.47 Å². The first-order valence-corrected chi connectivity index (χ1v) is 12.2. The van der Waals surface area contributed by atoms with E-state index in [0.717, 1.165) is 37.8 Å². The SMILES string of the molecule is C=CCc1cc(/C=C(/C#N)c2nc3ccc(C)cc3[nH]2)cc(OCC)c1OCc1ccc(Br)cc1. The summed E-state index contributed by atoms with van der Waals surface area (Å²) in [4.78, 5) is 7.87. The van der Waals surface area contributed by atoms with E-state index in [-0.39, 0.29) is 0 Å². The van der Waals surface area contributed by atoms with Crippen LogP contribution in [-0.4, -0.2) is 16.6 Å². The van der Waals surface area contributed by atoms with Crippen molar-refractivity contribution in [2.24, 2.45) is 0 Å². The molecule has 6 heteroatoms. The third-order valence-electron chi connectivity index (χ3n) is 5.44. The van der Waals surface area contributed by atoms with E-state index in [1.807, 2.05) is 80.6 Å². The lowest BCUT2D eigenvalue weighted by molar-refractivity contribution is 0.267. The Morgan fingerprint density at radius 1 is 1.14 bits per heavy atom. The predicted molar refractivity (Wildman–Crippen MR) is 144 cm³/mol. The van der Waals surface area contributed by atoms with Crippen LogP contribution in [0.3, 0.4) is 0 Å². The Bertz CT molecular complexity index is 1430. The normalized spacial score (nSPS) is 11.3. The first kappa shape index (κ1) is 24.3. The highest BCUT2D eigenvalue weighted by Gasteiger charge is 2.15. The van der Waals surface area contributed by atoms with Gasteiger partial charge in [-0.25, -0.2) is 4.98 Å². The molecule has 0 bridgehead atoms. The average molecular weight is 528 g/mol. The van der Waals surface area contributed by atoms with Gasteiger partial charge in [0, 0.05) is 10.0 Å². The maximum absolute atomic E-state index is 9.90. The van der Waals surface area contributed by atoms with E-state index < -0.39 is 0 Å². The molecule has 0 saturated heterocycles. The predicted octanol–water partition coefficient (Wildman–Crippen LogP) is 7.40. The molecule has 0 aliphatic rings. The van der Waals surface area contributed by atoms with Crippen molar-refractivity contribution in [3.05, 3.63) is 99.8 Å². The number of allylic oxidation sites excluding steroid dienone is 2.